The molecule has 0 saturated carbocycles. The second-order valence-corrected chi connectivity index (χ2v) is 6.01. The Morgan fingerprint density at radius 3 is 3.22 bits per heavy atom. The molecule has 3 rings (SSSR count). The predicted octanol–water partition coefficient (Wildman–Crippen LogP) is 2.13. The van der Waals surface area contributed by atoms with Gasteiger partial charge in [-0.15, -0.1) is 11.8 Å². The third kappa shape index (κ3) is 2.99. The quantitative estimate of drug-likeness (QED) is 0.876. The smallest absolute Gasteiger partial charge is 0.0620 e. The van der Waals surface area contributed by atoms with Gasteiger partial charge in [-0.2, -0.15) is 0 Å². The zero-order valence-electron chi connectivity index (χ0n) is 10.6. The summed E-state index contributed by atoms with van der Waals surface area (Å²) in [7, 11) is 0. The largest absolute Gasteiger partial charge is 0.383 e. The van der Waals surface area contributed by atoms with Gasteiger partial charge in [-0.1, -0.05) is 6.07 Å². The van der Waals surface area contributed by atoms with E-state index >= 15 is 0 Å². The summed E-state index contributed by atoms with van der Waals surface area (Å²) < 4.78 is 5.48. The number of hydrogen-bond acceptors (Lipinski definition) is 4. The van der Waals surface area contributed by atoms with Crippen molar-refractivity contribution in [3.05, 3.63) is 23.8 Å². The number of ether oxygens (including phenoxy) is 1. The molecule has 2 N–H and O–H groups in total. The zero-order chi connectivity index (χ0) is 12.2. The number of benzene rings is 1. The Morgan fingerprint density at radius 2 is 2.33 bits per heavy atom. The number of thioether (sulfide) groups is 1. The standard InChI is InChI=1S/C14H20N2OS/c1(3-12-10-17-7-5-15-12)11-2-4-14-13(9-11)16-6-8-18-14/h2,4,9,12,15-16H,1,3,5-8,10H2. The zero-order valence-corrected chi connectivity index (χ0v) is 11.4. The Hall–Kier alpha value is -0.710. The van der Waals surface area contributed by atoms with E-state index in [-0.39, 0.29) is 0 Å². The molecule has 1 fully saturated rings. The van der Waals surface area contributed by atoms with Crippen LogP contribution in [0.3, 0.4) is 0 Å². The maximum absolute atomic E-state index is 5.48. The lowest BCUT2D eigenvalue weighted by Crippen LogP contribution is -2.41. The van der Waals surface area contributed by atoms with Crippen molar-refractivity contribution in [2.75, 3.05) is 37.4 Å². The monoisotopic (exact) mass is 264 g/mol. The van der Waals surface area contributed by atoms with Gasteiger partial charge >= 0.3 is 0 Å². The van der Waals surface area contributed by atoms with Crippen LogP contribution >= 0.6 is 11.8 Å². The Balaban J connectivity index is 1.58. The summed E-state index contributed by atoms with van der Waals surface area (Å²) in [6.07, 6.45) is 2.28. The minimum absolute atomic E-state index is 0.525. The van der Waals surface area contributed by atoms with Crippen molar-refractivity contribution in [2.24, 2.45) is 0 Å². The van der Waals surface area contributed by atoms with E-state index in [0.717, 1.165) is 39.1 Å². The van der Waals surface area contributed by atoms with Crippen molar-refractivity contribution < 1.29 is 4.74 Å². The normalized spacial score (nSPS) is 23.2. The molecule has 4 heteroatoms. The molecule has 1 saturated heterocycles. The SMILES string of the molecule is c1cc2c(cc1CCC1COCCN1)NCCS2. The lowest BCUT2D eigenvalue weighted by Gasteiger charge is -2.24. The van der Waals surface area contributed by atoms with Gasteiger partial charge in [0.25, 0.3) is 0 Å². The predicted molar refractivity (Wildman–Crippen MR) is 76.6 cm³/mol. The van der Waals surface area contributed by atoms with E-state index in [9.17, 15) is 0 Å². The highest BCUT2D eigenvalue weighted by atomic mass is 32.2. The molecule has 1 aromatic carbocycles. The number of nitrogens with one attached hydrogen (secondary N) is 2. The van der Waals surface area contributed by atoms with Crippen LogP contribution in [0.4, 0.5) is 5.69 Å². The molecule has 1 aromatic rings. The Bertz CT molecular complexity index is 405. The second-order valence-electron chi connectivity index (χ2n) is 4.87. The molecule has 2 aliphatic heterocycles. The van der Waals surface area contributed by atoms with Crippen molar-refractivity contribution in [1.82, 2.24) is 5.32 Å². The Morgan fingerprint density at radius 1 is 1.33 bits per heavy atom. The van der Waals surface area contributed by atoms with E-state index in [0.29, 0.717) is 6.04 Å². The van der Waals surface area contributed by atoms with Gasteiger partial charge in [-0.25, -0.2) is 0 Å². The molecule has 0 aliphatic carbocycles. The first kappa shape index (κ1) is 12.3. The maximum Gasteiger partial charge on any atom is 0.0620 e. The lowest BCUT2D eigenvalue weighted by atomic mass is 10.0. The number of fused-ring (bicyclic) bond motifs is 1. The van der Waals surface area contributed by atoms with Crippen LogP contribution < -0.4 is 10.6 Å². The van der Waals surface area contributed by atoms with Gasteiger partial charge in [-0.05, 0) is 30.5 Å². The Kier molecular flexibility index (Phi) is 4.08. The minimum Gasteiger partial charge on any atom is -0.383 e. The van der Waals surface area contributed by atoms with Gasteiger partial charge in [0.15, 0.2) is 0 Å². The topological polar surface area (TPSA) is 33.3 Å². The van der Waals surface area contributed by atoms with Crippen LogP contribution in [0.15, 0.2) is 23.1 Å². The third-order valence-electron chi connectivity index (χ3n) is 3.50. The fraction of sp³-hybridized carbons (Fsp3) is 0.571. The van der Waals surface area contributed by atoms with Crippen LogP contribution in [0.1, 0.15) is 12.0 Å². The molecular weight excluding hydrogens is 244 g/mol. The molecule has 0 amide bonds. The van der Waals surface area contributed by atoms with Crippen molar-refractivity contribution in [3.63, 3.8) is 0 Å². The average molecular weight is 264 g/mol. The van der Waals surface area contributed by atoms with Crippen molar-refractivity contribution in [2.45, 2.75) is 23.8 Å². The molecule has 98 valence electrons. The first-order valence-corrected chi connectivity index (χ1v) is 7.71. The van der Waals surface area contributed by atoms with E-state index in [1.807, 2.05) is 11.8 Å². The van der Waals surface area contributed by atoms with Gasteiger partial charge in [0, 0.05) is 35.5 Å². The summed E-state index contributed by atoms with van der Waals surface area (Å²) in [5.74, 6) is 1.18. The van der Waals surface area contributed by atoms with Crippen LogP contribution in [0.25, 0.3) is 0 Å². The van der Waals surface area contributed by atoms with Crippen molar-refractivity contribution >= 4 is 17.4 Å². The highest BCUT2D eigenvalue weighted by Gasteiger charge is 2.14. The fourth-order valence-corrected chi connectivity index (χ4v) is 3.36. The van der Waals surface area contributed by atoms with Crippen molar-refractivity contribution in [3.8, 4) is 0 Å². The van der Waals surface area contributed by atoms with Crippen LogP contribution in [-0.2, 0) is 11.2 Å². The van der Waals surface area contributed by atoms with E-state index in [4.69, 9.17) is 4.74 Å². The van der Waals surface area contributed by atoms with Crippen molar-refractivity contribution in [1.29, 1.82) is 0 Å². The number of rotatable bonds is 3. The maximum atomic E-state index is 5.48. The highest BCUT2D eigenvalue weighted by Crippen LogP contribution is 2.31. The summed E-state index contributed by atoms with van der Waals surface area (Å²) in [6, 6.07) is 7.36. The summed E-state index contributed by atoms with van der Waals surface area (Å²) >= 11 is 1.95. The van der Waals surface area contributed by atoms with Crippen LogP contribution in [-0.4, -0.2) is 38.1 Å². The molecule has 0 radical (unpaired) electrons. The first-order chi connectivity index (χ1) is 8.92. The number of morpholine rings is 1. The van der Waals surface area contributed by atoms with Gasteiger partial charge in [-0.3, -0.25) is 0 Å². The van der Waals surface area contributed by atoms with Gasteiger partial charge in [0.2, 0.25) is 0 Å². The minimum atomic E-state index is 0.525. The molecule has 2 aliphatic rings. The third-order valence-corrected chi connectivity index (χ3v) is 4.57. The highest BCUT2D eigenvalue weighted by molar-refractivity contribution is 7.99. The molecule has 2 heterocycles. The van der Waals surface area contributed by atoms with E-state index in [2.05, 4.69) is 28.8 Å². The van der Waals surface area contributed by atoms with Gasteiger partial charge in [0.1, 0.15) is 0 Å². The average Bonchev–Trinajstić information content (AvgIpc) is 2.46. The van der Waals surface area contributed by atoms with Crippen LogP contribution in [0.5, 0.6) is 0 Å². The number of hydrogen-bond donors (Lipinski definition) is 2. The molecule has 1 unspecified atom stereocenters. The fourth-order valence-electron chi connectivity index (χ4n) is 2.49. The lowest BCUT2D eigenvalue weighted by molar-refractivity contribution is 0.0743. The molecule has 0 bridgehead atoms. The summed E-state index contributed by atoms with van der Waals surface area (Å²) in [6.45, 7) is 3.79. The molecule has 1 atom stereocenters. The van der Waals surface area contributed by atoms with Crippen LogP contribution in [0.2, 0.25) is 0 Å². The molecule has 0 spiro atoms. The molecule has 3 nitrogen and oxygen atoms in total. The summed E-state index contributed by atoms with van der Waals surface area (Å²) in [4.78, 5) is 1.39. The van der Waals surface area contributed by atoms with Crippen LogP contribution in [0, 0.1) is 0 Å². The van der Waals surface area contributed by atoms with E-state index < -0.39 is 0 Å². The van der Waals surface area contributed by atoms with E-state index in [1.54, 1.807) is 0 Å². The molecule has 0 aromatic heterocycles. The first-order valence-electron chi connectivity index (χ1n) is 6.72. The second kappa shape index (κ2) is 5.95. The molecular formula is C14H20N2OS. The number of anilines is 1. The summed E-state index contributed by atoms with van der Waals surface area (Å²) in [5.41, 5.74) is 2.74. The number of aryl methyl sites for hydroxylation is 1. The van der Waals surface area contributed by atoms with Gasteiger partial charge < -0.3 is 15.4 Å². The molecule has 18 heavy (non-hydrogen) atoms. The van der Waals surface area contributed by atoms with E-state index in [1.165, 1.54) is 21.9 Å². The Labute approximate surface area is 113 Å². The summed E-state index contributed by atoms with van der Waals surface area (Å²) in [5, 5.41) is 6.99. The van der Waals surface area contributed by atoms with Gasteiger partial charge in [0.05, 0.1) is 13.2 Å².